The second kappa shape index (κ2) is 4.03. The summed E-state index contributed by atoms with van der Waals surface area (Å²) in [6, 6.07) is 8.18. The minimum Gasteiger partial charge on any atom is -0.378 e. The van der Waals surface area contributed by atoms with E-state index in [0.717, 1.165) is 31.2 Å². The van der Waals surface area contributed by atoms with Crippen LogP contribution in [0.3, 0.4) is 0 Å². The lowest BCUT2D eigenvalue weighted by atomic mass is 10.2. The van der Waals surface area contributed by atoms with Crippen LogP contribution >= 0.6 is 12.6 Å². The molecule has 2 rings (SSSR count). The number of para-hydroxylation sites is 1. The first-order valence-electron chi connectivity index (χ1n) is 4.48. The first-order chi connectivity index (χ1) is 6.38. The molecular weight excluding hydrogens is 182 g/mol. The largest absolute Gasteiger partial charge is 0.378 e. The minimum atomic E-state index is 0.822. The number of thiol groups is 1. The smallest absolute Gasteiger partial charge is 0.0642 e. The Hall–Kier alpha value is -0.670. The van der Waals surface area contributed by atoms with Crippen molar-refractivity contribution < 1.29 is 4.74 Å². The summed E-state index contributed by atoms with van der Waals surface area (Å²) in [6.07, 6.45) is 0. The highest BCUT2D eigenvalue weighted by Crippen LogP contribution is 2.23. The molecule has 1 aromatic rings. The van der Waals surface area contributed by atoms with Gasteiger partial charge in [0.1, 0.15) is 0 Å². The van der Waals surface area contributed by atoms with Gasteiger partial charge in [-0.3, -0.25) is 0 Å². The molecule has 1 aliphatic rings. The number of morpholine rings is 1. The van der Waals surface area contributed by atoms with Gasteiger partial charge in [-0.25, -0.2) is 0 Å². The van der Waals surface area contributed by atoms with Gasteiger partial charge in [-0.15, -0.1) is 12.6 Å². The van der Waals surface area contributed by atoms with Crippen LogP contribution in [0.1, 0.15) is 0 Å². The highest BCUT2D eigenvalue weighted by Gasteiger charge is 2.12. The van der Waals surface area contributed by atoms with E-state index in [1.807, 2.05) is 18.2 Å². The summed E-state index contributed by atoms with van der Waals surface area (Å²) >= 11 is 4.43. The van der Waals surface area contributed by atoms with Gasteiger partial charge < -0.3 is 9.64 Å². The molecule has 3 heteroatoms. The van der Waals surface area contributed by atoms with Gasteiger partial charge in [-0.05, 0) is 12.1 Å². The Labute approximate surface area is 83.9 Å². The van der Waals surface area contributed by atoms with Crippen molar-refractivity contribution in [3.8, 4) is 0 Å². The summed E-state index contributed by atoms with van der Waals surface area (Å²) in [4.78, 5) is 3.36. The van der Waals surface area contributed by atoms with Crippen LogP contribution in [-0.2, 0) is 4.74 Å². The molecule has 1 heterocycles. The molecular formula is C10H13NOS. The van der Waals surface area contributed by atoms with Gasteiger partial charge in [-0.2, -0.15) is 0 Å². The SMILES string of the molecule is Sc1ccccc1N1CCOCC1. The molecule has 2 nitrogen and oxygen atoms in total. The number of benzene rings is 1. The van der Waals surface area contributed by atoms with Crippen LogP contribution in [0.15, 0.2) is 29.2 Å². The van der Waals surface area contributed by atoms with Crippen LogP contribution in [0.5, 0.6) is 0 Å². The maximum absolute atomic E-state index is 5.29. The van der Waals surface area contributed by atoms with Gasteiger partial charge in [0.2, 0.25) is 0 Å². The highest BCUT2D eigenvalue weighted by molar-refractivity contribution is 7.80. The first-order valence-corrected chi connectivity index (χ1v) is 4.93. The van der Waals surface area contributed by atoms with Crippen LogP contribution in [0.4, 0.5) is 5.69 Å². The number of anilines is 1. The second-order valence-electron chi connectivity index (χ2n) is 3.09. The van der Waals surface area contributed by atoms with Gasteiger partial charge in [-0.1, -0.05) is 12.1 Å². The summed E-state index contributed by atoms with van der Waals surface area (Å²) in [5, 5.41) is 0. The van der Waals surface area contributed by atoms with E-state index in [9.17, 15) is 0 Å². The fourth-order valence-electron chi connectivity index (χ4n) is 1.54. The molecule has 0 unspecified atom stereocenters. The maximum atomic E-state index is 5.29. The topological polar surface area (TPSA) is 12.5 Å². The molecule has 0 saturated carbocycles. The Morgan fingerprint density at radius 2 is 1.85 bits per heavy atom. The van der Waals surface area contributed by atoms with E-state index in [1.54, 1.807) is 0 Å². The number of hydrogen-bond donors (Lipinski definition) is 1. The molecule has 13 heavy (non-hydrogen) atoms. The quantitative estimate of drug-likeness (QED) is 0.686. The average molecular weight is 195 g/mol. The lowest BCUT2D eigenvalue weighted by molar-refractivity contribution is 0.122. The minimum absolute atomic E-state index is 0.822. The van der Waals surface area contributed by atoms with Crippen molar-refractivity contribution in [1.82, 2.24) is 0 Å². The van der Waals surface area contributed by atoms with Crippen molar-refractivity contribution in [2.45, 2.75) is 4.90 Å². The van der Waals surface area contributed by atoms with Gasteiger partial charge >= 0.3 is 0 Å². The molecule has 0 N–H and O–H groups in total. The summed E-state index contributed by atoms with van der Waals surface area (Å²) in [5.74, 6) is 0. The van der Waals surface area contributed by atoms with Crippen molar-refractivity contribution in [3.63, 3.8) is 0 Å². The Morgan fingerprint density at radius 3 is 2.54 bits per heavy atom. The van der Waals surface area contributed by atoms with Crippen LogP contribution in [0.2, 0.25) is 0 Å². The second-order valence-corrected chi connectivity index (χ2v) is 3.57. The molecule has 70 valence electrons. The molecule has 1 aromatic carbocycles. The zero-order valence-electron chi connectivity index (χ0n) is 7.44. The van der Waals surface area contributed by atoms with E-state index in [0.29, 0.717) is 0 Å². The van der Waals surface area contributed by atoms with Crippen molar-refractivity contribution >= 4 is 18.3 Å². The molecule has 0 radical (unpaired) electrons. The van der Waals surface area contributed by atoms with Crippen LogP contribution in [-0.4, -0.2) is 26.3 Å². The Morgan fingerprint density at radius 1 is 1.15 bits per heavy atom. The van der Waals surface area contributed by atoms with E-state index in [2.05, 4.69) is 23.6 Å². The monoisotopic (exact) mass is 195 g/mol. The first kappa shape index (κ1) is 8.91. The fourth-order valence-corrected chi connectivity index (χ4v) is 1.84. The number of ether oxygens (including phenoxy) is 1. The van der Waals surface area contributed by atoms with Crippen molar-refractivity contribution in [2.24, 2.45) is 0 Å². The van der Waals surface area contributed by atoms with Gasteiger partial charge in [0.25, 0.3) is 0 Å². The molecule has 1 fully saturated rings. The highest BCUT2D eigenvalue weighted by atomic mass is 32.1. The van der Waals surface area contributed by atoms with E-state index < -0.39 is 0 Å². The van der Waals surface area contributed by atoms with Crippen molar-refractivity contribution in [1.29, 1.82) is 0 Å². The van der Waals surface area contributed by atoms with Crippen molar-refractivity contribution in [3.05, 3.63) is 24.3 Å². The number of rotatable bonds is 1. The van der Waals surface area contributed by atoms with E-state index in [4.69, 9.17) is 4.74 Å². The van der Waals surface area contributed by atoms with Crippen LogP contribution in [0, 0.1) is 0 Å². The van der Waals surface area contributed by atoms with Crippen LogP contribution in [0.25, 0.3) is 0 Å². The molecule has 0 atom stereocenters. The van der Waals surface area contributed by atoms with E-state index >= 15 is 0 Å². The van der Waals surface area contributed by atoms with Crippen molar-refractivity contribution in [2.75, 3.05) is 31.2 Å². The Kier molecular flexibility index (Phi) is 2.76. The maximum Gasteiger partial charge on any atom is 0.0642 e. The third-order valence-electron chi connectivity index (χ3n) is 2.23. The van der Waals surface area contributed by atoms with Gasteiger partial charge in [0.15, 0.2) is 0 Å². The Bertz CT molecular complexity index is 284. The predicted octanol–water partition coefficient (Wildman–Crippen LogP) is 1.81. The van der Waals surface area contributed by atoms with Crippen LogP contribution < -0.4 is 4.90 Å². The third kappa shape index (κ3) is 1.98. The Balaban J connectivity index is 2.18. The zero-order chi connectivity index (χ0) is 9.10. The molecule has 0 amide bonds. The predicted molar refractivity (Wildman–Crippen MR) is 56.7 cm³/mol. The van der Waals surface area contributed by atoms with Gasteiger partial charge in [0.05, 0.1) is 18.9 Å². The molecule has 1 aliphatic heterocycles. The molecule has 0 bridgehead atoms. The molecule has 1 saturated heterocycles. The molecule has 0 aromatic heterocycles. The fraction of sp³-hybridized carbons (Fsp3) is 0.400. The lowest BCUT2D eigenvalue weighted by Gasteiger charge is -2.29. The van der Waals surface area contributed by atoms with Gasteiger partial charge in [0, 0.05) is 18.0 Å². The third-order valence-corrected chi connectivity index (χ3v) is 2.61. The summed E-state index contributed by atoms with van der Waals surface area (Å²) in [6.45, 7) is 3.58. The summed E-state index contributed by atoms with van der Waals surface area (Å²) in [7, 11) is 0. The normalized spacial score (nSPS) is 17.5. The standard InChI is InChI=1S/C10H13NOS/c13-10-4-2-1-3-9(10)11-5-7-12-8-6-11/h1-4,13H,5-8H2. The number of hydrogen-bond acceptors (Lipinski definition) is 3. The molecule has 0 aliphatic carbocycles. The summed E-state index contributed by atoms with van der Waals surface area (Å²) < 4.78 is 5.29. The summed E-state index contributed by atoms with van der Waals surface area (Å²) in [5.41, 5.74) is 1.22. The average Bonchev–Trinajstić information content (AvgIpc) is 2.20. The lowest BCUT2D eigenvalue weighted by Crippen LogP contribution is -2.36. The van der Waals surface area contributed by atoms with E-state index in [1.165, 1.54) is 5.69 Å². The molecule has 0 spiro atoms. The number of nitrogens with zero attached hydrogens (tertiary/aromatic N) is 1. The zero-order valence-corrected chi connectivity index (χ0v) is 8.33. The van der Waals surface area contributed by atoms with E-state index in [-0.39, 0.29) is 0 Å².